The van der Waals surface area contributed by atoms with E-state index in [0.29, 0.717) is 5.56 Å². The summed E-state index contributed by atoms with van der Waals surface area (Å²) in [7, 11) is 0. The van der Waals surface area contributed by atoms with Crippen molar-refractivity contribution in [3.8, 4) is 0 Å². The number of nitrogens with zero attached hydrogens (tertiary/aromatic N) is 1. The van der Waals surface area contributed by atoms with Crippen LogP contribution >= 0.6 is 11.3 Å². The monoisotopic (exact) mass is 290 g/mol. The first-order chi connectivity index (χ1) is 9.47. The summed E-state index contributed by atoms with van der Waals surface area (Å²) >= 11 is 1.50. The third-order valence-electron chi connectivity index (χ3n) is 2.75. The zero-order valence-corrected chi connectivity index (χ0v) is 11.9. The van der Waals surface area contributed by atoms with Crippen molar-refractivity contribution in [2.45, 2.75) is 19.9 Å². The maximum absolute atomic E-state index is 12.0. The fraction of sp³-hybridized carbons (Fsp3) is 0.214. The Hall–Kier alpha value is -2.21. The molecule has 1 aromatic heterocycles. The molecule has 2 aromatic rings. The number of carboxylic acid groups (broad SMARTS) is 1. The topological polar surface area (TPSA) is 79.3 Å². The van der Waals surface area contributed by atoms with Gasteiger partial charge in [0.25, 0.3) is 5.91 Å². The van der Waals surface area contributed by atoms with Gasteiger partial charge >= 0.3 is 5.97 Å². The van der Waals surface area contributed by atoms with Gasteiger partial charge in [-0.25, -0.2) is 9.78 Å². The second kappa shape index (κ2) is 5.83. The Morgan fingerprint density at radius 3 is 2.35 bits per heavy atom. The van der Waals surface area contributed by atoms with E-state index in [4.69, 9.17) is 5.11 Å². The third kappa shape index (κ3) is 3.21. The minimum absolute atomic E-state index is 0.158. The molecule has 0 aliphatic carbocycles. The number of thiazole rings is 1. The van der Waals surface area contributed by atoms with E-state index in [1.165, 1.54) is 35.6 Å². The highest BCUT2D eigenvalue weighted by Gasteiger charge is 2.14. The van der Waals surface area contributed by atoms with Crippen molar-refractivity contribution < 1.29 is 14.7 Å². The van der Waals surface area contributed by atoms with Gasteiger partial charge in [-0.1, -0.05) is 0 Å². The highest BCUT2D eigenvalue weighted by atomic mass is 32.1. The molecule has 0 radical (unpaired) electrons. The average molecular weight is 290 g/mol. The first kappa shape index (κ1) is 14.2. The summed E-state index contributed by atoms with van der Waals surface area (Å²) in [5.74, 6) is -1.26. The van der Waals surface area contributed by atoms with Crippen LogP contribution in [0.3, 0.4) is 0 Å². The zero-order valence-electron chi connectivity index (χ0n) is 11.1. The minimum atomic E-state index is -1.01. The molecular weight excluding hydrogens is 276 g/mol. The maximum Gasteiger partial charge on any atom is 0.335 e. The molecule has 1 amide bonds. The molecule has 1 atom stereocenters. The standard InChI is InChI=1S/C14H14N2O3S/c1-8-7-20-13(15-8)9(2)16-12(17)10-3-5-11(6-4-10)14(18)19/h3-7,9H,1-2H3,(H,16,17)(H,18,19). The Labute approximate surface area is 120 Å². The number of carbonyl (C=O) groups excluding carboxylic acids is 1. The van der Waals surface area contributed by atoms with Crippen molar-refractivity contribution in [3.05, 3.63) is 51.5 Å². The summed E-state index contributed by atoms with van der Waals surface area (Å²) in [6.07, 6.45) is 0. The lowest BCUT2D eigenvalue weighted by atomic mass is 10.1. The van der Waals surface area contributed by atoms with Gasteiger partial charge in [0.05, 0.1) is 11.6 Å². The lowest BCUT2D eigenvalue weighted by Crippen LogP contribution is -2.26. The smallest absolute Gasteiger partial charge is 0.335 e. The van der Waals surface area contributed by atoms with E-state index >= 15 is 0 Å². The number of rotatable bonds is 4. The van der Waals surface area contributed by atoms with Crippen molar-refractivity contribution in [2.75, 3.05) is 0 Å². The summed E-state index contributed by atoms with van der Waals surface area (Å²) < 4.78 is 0. The molecule has 0 saturated carbocycles. The van der Waals surface area contributed by atoms with Crippen molar-refractivity contribution in [2.24, 2.45) is 0 Å². The molecule has 2 N–H and O–H groups in total. The van der Waals surface area contributed by atoms with Gasteiger partial charge < -0.3 is 10.4 Å². The van der Waals surface area contributed by atoms with Crippen LogP contribution in [0.25, 0.3) is 0 Å². The van der Waals surface area contributed by atoms with Gasteiger partial charge in [0.1, 0.15) is 5.01 Å². The number of hydrogen-bond donors (Lipinski definition) is 2. The number of benzene rings is 1. The summed E-state index contributed by atoms with van der Waals surface area (Å²) in [6, 6.07) is 5.64. The summed E-state index contributed by atoms with van der Waals surface area (Å²) in [6.45, 7) is 3.76. The molecule has 20 heavy (non-hydrogen) atoms. The van der Waals surface area contributed by atoms with Crippen molar-refractivity contribution in [3.63, 3.8) is 0 Å². The number of nitrogens with one attached hydrogen (secondary N) is 1. The molecule has 6 heteroatoms. The molecule has 1 aromatic carbocycles. The Morgan fingerprint density at radius 2 is 1.85 bits per heavy atom. The number of aromatic nitrogens is 1. The fourth-order valence-electron chi connectivity index (χ4n) is 1.68. The van der Waals surface area contributed by atoms with Crippen LogP contribution in [-0.2, 0) is 0 Å². The number of hydrogen-bond acceptors (Lipinski definition) is 4. The molecule has 0 bridgehead atoms. The molecule has 0 saturated heterocycles. The maximum atomic E-state index is 12.0. The second-order valence-electron chi connectivity index (χ2n) is 4.40. The molecule has 104 valence electrons. The molecule has 0 fully saturated rings. The van der Waals surface area contributed by atoms with Gasteiger partial charge in [0.15, 0.2) is 0 Å². The van der Waals surface area contributed by atoms with E-state index < -0.39 is 5.97 Å². The molecular formula is C14H14N2O3S. The Morgan fingerprint density at radius 1 is 1.25 bits per heavy atom. The third-order valence-corrected chi connectivity index (χ3v) is 3.89. The average Bonchev–Trinajstić information content (AvgIpc) is 2.85. The zero-order chi connectivity index (χ0) is 14.7. The summed E-state index contributed by atoms with van der Waals surface area (Å²) in [4.78, 5) is 27.1. The van der Waals surface area contributed by atoms with Gasteiger partial charge in [0.2, 0.25) is 0 Å². The number of carbonyl (C=O) groups is 2. The first-order valence-electron chi connectivity index (χ1n) is 6.03. The van der Waals surface area contributed by atoms with Crippen LogP contribution in [0.15, 0.2) is 29.6 Å². The van der Waals surface area contributed by atoms with Crippen molar-refractivity contribution in [1.82, 2.24) is 10.3 Å². The fourth-order valence-corrected chi connectivity index (χ4v) is 2.48. The van der Waals surface area contributed by atoms with Crippen LogP contribution < -0.4 is 5.32 Å². The largest absolute Gasteiger partial charge is 0.478 e. The molecule has 0 spiro atoms. The highest BCUT2D eigenvalue weighted by molar-refractivity contribution is 7.09. The van der Waals surface area contributed by atoms with Crippen LogP contribution in [-0.4, -0.2) is 22.0 Å². The number of aryl methyl sites for hydroxylation is 1. The molecule has 1 heterocycles. The second-order valence-corrected chi connectivity index (χ2v) is 5.29. The predicted octanol–water partition coefficient (Wildman–Crippen LogP) is 2.64. The SMILES string of the molecule is Cc1csc(C(C)NC(=O)c2ccc(C(=O)O)cc2)n1. The van der Waals surface area contributed by atoms with Crippen LogP contribution in [0.1, 0.15) is 44.4 Å². The number of aromatic carboxylic acids is 1. The van der Waals surface area contributed by atoms with Crippen LogP contribution in [0, 0.1) is 6.92 Å². The van der Waals surface area contributed by atoms with Gasteiger partial charge in [-0.3, -0.25) is 4.79 Å². The van der Waals surface area contributed by atoms with Crippen molar-refractivity contribution >= 4 is 23.2 Å². The highest BCUT2D eigenvalue weighted by Crippen LogP contribution is 2.18. The Balaban J connectivity index is 2.06. The normalized spacial score (nSPS) is 11.9. The van der Waals surface area contributed by atoms with E-state index in [9.17, 15) is 9.59 Å². The lowest BCUT2D eigenvalue weighted by molar-refractivity contribution is 0.0696. The van der Waals surface area contributed by atoms with Crippen LogP contribution in [0.2, 0.25) is 0 Å². The Kier molecular flexibility index (Phi) is 4.14. The van der Waals surface area contributed by atoms with E-state index in [1.807, 2.05) is 19.2 Å². The first-order valence-corrected chi connectivity index (χ1v) is 6.91. The van der Waals surface area contributed by atoms with E-state index in [2.05, 4.69) is 10.3 Å². The van der Waals surface area contributed by atoms with Gasteiger partial charge in [0, 0.05) is 16.6 Å². The minimum Gasteiger partial charge on any atom is -0.478 e. The number of amides is 1. The molecule has 1 unspecified atom stereocenters. The quantitative estimate of drug-likeness (QED) is 0.907. The summed E-state index contributed by atoms with van der Waals surface area (Å²) in [5.41, 5.74) is 1.51. The van der Waals surface area contributed by atoms with E-state index in [-0.39, 0.29) is 17.5 Å². The number of carboxylic acids is 1. The Bertz CT molecular complexity index is 634. The molecule has 5 nitrogen and oxygen atoms in total. The van der Waals surface area contributed by atoms with E-state index in [1.54, 1.807) is 0 Å². The predicted molar refractivity (Wildman–Crippen MR) is 76.1 cm³/mol. The molecule has 2 rings (SSSR count). The van der Waals surface area contributed by atoms with Gasteiger partial charge in [-0.15, -0.1) is 11.3 Å². The van der Waals surface area contributed by atoms with Gasteiger partial charge in [-0.05, 0) is 38.1 Å². The summed E-state index contributed by atoms with van der Waals surface area (Å²) in [5, 5.41) is 14.4. The van der Waals surface area contributed by atoms with Gasteiger partial charge in [-0.2, -0.15) is 0 Å². The van der Waals surface area contributed by atoms with Crippen molar-refractivity contribution in [1.29, 1.82) is 0 Å². The molecule has 0 aliphatic rings. The van der Waals surface area contributed by atoms with Crippen LogP contribution in [0.5, 0.6) is 0 Å². The lowest BCUT2D eigenvalue weighted by Gasteiger charge is -2.11. The van der Waals surface area contributed by atoms with E-state index in [0.717, 1.165) is 10.7 Å². The molecule has 0 aliphatic heterocycles. The van der Waals surface area contributed by atoms with Crippen LogP contribution in [0.4, 0.5) is 0 Å².